The normalized spacial score (nSPS) is 10.6. The van der Waals surface area contributed by atoms with Gasteiger partial charge in [-0.15, -0.1) is 11.3 Å². The Bertz CT molecular complexity index is 845. The van der Waals surface area contributed by atoms with E-state index in [1.165, 1.54) is 29.5 Å². The van der Waals surface area contributed by atoms with Gasteiger partial charge in [0.25, 0.3) is 5.91 Å². The van der Waals surface area contributed by atoms with Gasteiger partial charge in [0.2, 0.25) is 0 Å². The zero-order chi connectivity index (χ0) is 16.4. The van der Waals surface area contributed by atoms with Crippen molar-refractivity contribution in [2.45, 2.75) is 0 Å². The molecule has 0 bridgehead atoms. The quantitative estimate of drug-likeness (QED) is 0.663. The predicted molar refractivity (Wildman–Crippen MR) is 91.9 cm³/mol. The number of carbonyl (C=O) groups is 1. The van der Waals surface area contributed by atoms with E-state index in [0.29, 0.717) is 15.8 Å². The van der Waals surface area contributed by atoms with Crippen LogP contribution in [0.2, 0.25) is 10.0 Å². The summed E-state index contributed by atoms with van der Waals surface area (Å²) in [6.45, 7) is 0. The third-order valence-corrected chi connectivity index (χ3v) is 4.38. The topological polar surface area (TPSA) is 42.0 Å². The minimum Gasteiger partial charge on any atom is -0.298 e. The van der Waals surface area contributed by atoms with Crippen molar-refractivity contribution in [2.75, 3.05) is 5.32 Å². The number of rotatable bonds is 3. The van der Waals surface area contributed by atoms with Crippen molar-refractivity contribution in [3.63, 3.8) is 0 Å². The Morgan fingerprint density at radius 3 is 2.57 bits per heavy atom. The summed E-state index contributed by atoms with van der Waals surface area (Å²) < 4.78 is 13.7. The molecule has 1 aromatic heterocycles. The molecule has 0 fully saturated rings. The van der Waals surface area contributed by atoms with Crippen LogP contribution in [0.25, 0.3) is 11.3 Å². The van der Waals surface area contributed by atoms with Crippen molar-refractivity contribution in [3.8, 4) is 11.3 Å². The molecule has 1 amide bonds. The van der Waals surface area contributed by atoms with E-state index in [9.17, 15) is 9.18 Å². The first-order valence-corrected chi connectivity index (χ1v) is 8.15. The second kappa shape index (κ2) is 6.66. The first-order valence-electron chi connectivity index (χ1n) is 6.51. The first kappa shape index (κ1) is 15.9. The minimum absolute atomic E-state index is 0.0528. The number of hydrogen-bond donors (Lipinski definition) is 1. The van der Waals surface area contributed by atoms with Gasteiger partial charge < -0.3 is 0 Å². The summed E-state index contributed by atoms with van der Waals surface area (Å²) >= 11 is 13.0. The van der Waals surface area contributed by atoms with Gasteiger partial charge in [0.1, 0.15) is 5.82 Å². The number of thiazole rings is 1. The maximum atomic E-state index is 13.7. The van der Waals surface area contributed by atoms with Crippen LogP contribution >= 0.6 is 34.5 Å². The first-order chi connectivity index (χ1) is 11.0. The molecule has 0 spiro atoms. The van der Waals surface area contributed by atoms with E-state index >= 15 is 0 Å². The van der Waals surface area contributed by atoms with Crippen LogP contribution in [-0.4, -0.2) is 10.9 Å². The molecule has 23 heavy (non-hydrogen) atoms. The number of aromatic nitrogens is 1. The van der Waals surface area contributed by atoms with Gasteiger partial charge in [-0.3, -0.25) is 10.1 Å². The number of benzene rings is 2. The van der Waals surface area contributed by atoms with Gasteiger partial charge in [-0.05, 0) is 24.3 Å². The number of hydrogen-bond acceptors (Lipinski definition) is 3. The van der Waals surface area contributed by atoms with E-state index in [-0.39, 0.29) is 10.6 Å². The highest BCUT2D eigenvalue weighted by atomic mass is 35.5. The highest BCUT2D eigenvalue weighted by Gasteiger charge is 2.17. The minimum atomic E-state index is -0.676. The highest BCUT2D eigenvalue weighted by molar-refractivity contribution is 7.14. The summed E-state index contributed by atoms with van der Waals surface area (Å²) in [7, 11) is 0. The fourth-order valence-electron chi connectivity index (χ4n) is 1.96. The summed E-state index contributed by atoms with van der Waals surface area (Å²) in [6.07, 6.45) is 0. The standard InChI is InChI=1S/C16H9Cl2FN2OS/c17-10-6-4-9(5-7-10)13-8-23-16(20-13)21-15(22)14-11(18)2-1-3-12(14)19/h1-8H,(H,20,21,22). The Hall–Kier alpha value is -1.95. The van der Waals surface area contributed by atoms with Crippen LogP contribution in [0.5, 0.6) is 0 Å². The second-order valence-corrected chi connectivity index (χ2v) is 6.30. The van der Waals surface area contributed by atoms with E-state index in [1.807, 2.05) is 12.1 Å². The van der Waals surface area contributed by atoms with E-state index < -0.39 is 11.7 Å². The van der Waals surface area contributed by atoms with Crippen molar-refractivity contribution in [3.05, 3.63) is 69.3 Å². The Morgan fingerprint density at radius 2 is 1.87 bits per heavy atom. The third-order valence-electron chi connectivity index (χ3n) is 3.05. The molecule has 0 saturated carbocycles. The third kappa shape index (κ3) is 3.52. The van der Waals surface area contributed by atoms with Crippen molar-refractivity contribution in [1.82, 2.24) is 4.98 Å². The molecule has 1 heterocycles. The number of anilines is 1. The summed E-state index contributed by atoms with van der Waals surface area (Å²) in [5.41, 5.74) is 1.37. The molecule has 7 heteroatoms. The lowest BCUT2D eigenvalue weighted by Crippen LogP contribution is -2.14. The molecule has 1 N–H and O–H groups in total. The average molecular weight is 367 g/mol. The Balaban J connectivity index is 1.82. The van der Waals surface area contributed by atoms with Gasteiger partial charge in [-0.25, -0.2) is 9.37 Å². The summed E-state index contributed by atoms with van der Waals surface area (Å²) in [6, 6.07) is 11.3. The smallest absolute Gasteiger partial charge is 0.261 e. The van der Waals surface area contributed by atoms with Crippen LogP contribution in [0.1, 0.15) is 10.4 Å². The molecule has 0 radical (unpaired) electrons. The molecular weight excluding hydrogens is 358 g/mol. The zero-order valence-electron chi connectivity index (χ0n) is 11.5. The lowest BCUT2D eigenvalue weighted by atomic mass is 10.2. The lowest BCUT2D eigenvalue weighted by Gasteiger charge is -2.05. The van der Waals surface area contributed by atoms with Crippen molar-refractivity contribution in [2.24, 2.45) is 0 Å². The summed E-state index contributed by atoms with van der Waals surface area (Å²) in [5, 5.41) is 5.40. The van der Waals surface area contributed by atoms with Crippen molar-refractivity contribution >= 4 is 45.6 Å². The van der Waals surface area contributed by atoms with Gasteiger partial charge in [0, 0.05) is 16.0 Å². The van der Waals surface area contributed by atoms with Gasteiger partial charge in [-0.1, -0.05) is 41.4 Å². The molecule has 3 rings (SSSR count). The molecule has 0 aliphatic carbocycles. The summed E-state index contributed by atoms with van der Waals surface area (Å²) in [4.78, 5) is 16.5. The lowest BCUT2D eigenvalue weighted by molar-refractivity contribution is 0.102. The Morgan fingerprint density at radius 1 is 1.13 bits per heavy atom. The van der Waals surface area contributed by atoms with E-state index in [2.05, 4.69) is 10.3 Å². The van der Waals surface area contributed by atoms with Gasteiger partial charge >= 0.3 is 0 Å². The number of halogens is 3. The average Bonchev–Trinajstić information content (AvgIpc) is 2.96. The zero-order valence-corrected chi connectivity index (χ0v) is 13.8. The molecule has 0 aliphatic heterocycles. The van der Waals surface area contributed by atoms with E-state index in [1.54, 1.807) is 17.5 Å². The van der Waals surface area contributed by atoms with Crippen LogP contribution in [0.4, 0.5) is 9.52 Å². The molecular formula is C16H9Cl2FN2OS. The number of nitrogens with one attached hydrogen (secondary N) is 1. The summed E-state index contributed by atoms with van der Waals surface area (Å²) in [5.74, 6) is -1.31. The largest absolute Gasteiger partial charge is 0.298 e. The SMILES string of the molecule is O=C(Nc1nc(-c2ccc(Cl)cc2)cs1)c1c(F)cccc1Cl. The van der Waals surface area contributed by atoms with Gasteiger partial charge in [0.15, 0.2) is 5.13 Å². The fourth-order valence-corrected chi connectivity index (χ4v) is 3.05. The Kier molecular flexibility index (Phi) is 4.61. The molecule has 3 aromatic rings. The number of amides is 1. The van der Waals surface area contributed by atoms with Gasteiger partial charge in [-0.2, -0.15) is 0 Å². The monoisotopic (exact) mass is 366 g/mol. The van der Waals surface area contributed by atoms with Crippen LogP contribution in [0.3, 0.4) is 0 Å². The maximum Gasteiger partial charge on any atom is 0.261 e. The molecule has 3 nitrogen and oxygen atoms in total. The van der Waals surface area contributed by atoms with Gasteiger partial charge in [0.05, 0.1) is 16.3 Å². The van der Waals surface area contributed by atoms with Crippen molar-refractivity contribution in [1.29, 1.82) is 0 Å². The molecule has 116 valence electrons. The van der Waals surface area contributed by atoms with E-state index in [0.717, 1.165) is 5.56 Å². The number of nitrogens with zero attached hydrogens (tertiary/aromatic N) is 1. The molecule has 0 saturated heterocycles. The van der Waals surface area contributed by atoms with Crippen LogP contribution < -0.4 is 5.32 Å². The van der Waals surface area contributed by atoms with Crippen LogP contribution in [0.15, 0.2) is 47.8 Å². The van der Waals surface area contributed by atoms with Crippen LogP contribution in [0, 0.1) is 5.82 Å². The molecule has 0 aliphatic rings. The predicted octanol–water partition coefficient (Wildman–Crippen LogP) is 5.51. The molecule has 0 unspecified atom stereocenters. The number of carbonyl (C=O) groups excluding carboxylic acids is 1. The second-order valence-electron chi connectivity index (χ2n) is 4.60. The molecule has 0 atom stereocenters. The maximum absolute atomic E-state index is 13.7. The fraction of sp³-hybridized carbons (Fsp3) is 0. The molecule has 2 aromatic carbocycles. The van der Waals surface area contributed by atoms with Crippen molar-refractivity contribution < 1.29 is 9.18 Å². The highest BCUT2D eigenvalue weighted by Crippen LogP contribution is 2.27. The Labute approximate surface area is 145 Å². The van der Waals surface area contributed by atoms with Crippen LogP contribution in [-0.2, 0) is 0 Å². The van der Waals surface area contributed by atoms with E-state index in [4.69, 9.17) is 23.2 Å².